The highest BCUT2D eigenvalue weighted by molar-refractivity contribution is 5.81. The van der Waals surface area contributed by atoms with Crippen LogP contribution >= 0.6 is 0 Å². The molecule has 1 saturated heterocycles. The molecule has 8 heteroatoms. The highest BCUT2D eigenvalue weighted by Crippen LogP contribution is 2.26. The Labute approximate surface area is 192 Å². The number of nitrogens with one attached hydrogen (secondary N) is 2. The van der Waals surface area contributed by atoms with E-state index in [0.29, 0.717) is 18.4 Å². The van der Waals surface area contributed by atoms with Gasteiger partial charge < -0.3 is 24.5 Å². The van der Waals surface area contributed by atoms with Gasteiger partial charge in [-0.1, -0.05) is 6.07 Å². The van der Waals surface area contributed by atoms with E-state index in [0.717, 1.165) is 66.6 Å². The van der Waals surface area contributed by atoms with E-state index in [1.807, 2.05) is 49.4 Å². The fourth-order valence-electron chi connectivity index (χ4n) is 3.81. The molecular formula is C25H27N5O3. The minimum absolute atomic E-state index is 0.455. The monoisotopic (exact) mass is 445 g/mol. The molecule has 8 nitrogen and oxygen atoms in total. The summed E-state index contributed by atoms with van der Waals surface area (Å²) in [6.45, 7) is 7.06. The van der Waals surface area contributed by atoms with E-state index >= 15 is 0 Å². The number of hydrogen-bond acceptors (Lipinski definition) is 7. The van der Waals surface area contributed by atoms with E-state index in [2.05, 4.69) is 31.2 Å². The van der Waals surface area contributed by atoms with Crippen molar-refractivity contribution < 1.29 is 14.2 Å². The number of aromatic nitrogens is 3. The highest BCUT2D eigenvalue weighted by atomic mass is 16.5. The maximum atomic E-state index is 5.97. The molecule has 0 saturated carbocycles. The summed E-state index contributed by atoms with van der Waals surface area (Å²) in [5.74, 6) is 2.45. The average Bonchev–Trinajstić information content (AvgIpc) is 3.20. The molecule has 4 aromatic rings. The normalized spacial score (nSPS) is 14.3. The molecule has 0 atom stereocenters. The topological polar surface area (TPSA) is 84.5 Å². The summed E-state index contributed by atoms with van der Waals surface area (Å²) in [6, 6.07) is 17.5. The molecule has 0 amide bonds. The van der Waals surface area contributed by atoms with Crippen LogP contribution in [0.3, 0.4) is 0 Å². The molecule has 3 heterocycles. The zero-order valence-electron chi connectivity index (χ0n) is 18.6. The van der Waals surface area contributed by atoms with Crippen LogP contribution in [0, 0.1) is 6.92 Å². The largest absolute Gasteiger partial charge is 0.492 e. The summed E-state index contributed by atoms with van der Waals surface area (Å²) in [7, 11) is 0. The van der Waals surface area contributed by atoms with Crippen LogP contribution in [-0.2, 0) is 4.74 Å². The van der Waals surface area contributed by atoms with E-state index in [9.17, 15) is 0 Å². The molecule has 0 bridgehead atoms. The maximum absolute atomic E-state index is 5.97. The van der Waals surface area contributed by atoms with Crippen molar-refractivity contribution in [3.63, 3.8) is 0 Å². The second kappa shape index (κ2) is 9.89. The smallest absolute Gasteiger partial charge is 0.230 e. The molecule has 0 aliphatic carbocycles. The van der Waals surface area contributed by atoms with Gasteiger partial charge in [0.25, 0.3) is 0 Å². The van der Waals surface area contributed by atoms with Crippen molar-refractivity contribution in [1.82, 2.24) is 19.9 Å². The predicted octanol–water partition coefficient (Wildman–Crippen LogP) is 4.51. The van der Waals surface area contributed by atoms with Gasteiger partial charge in [0.05, 0.1) is 13.2 Å². The van der Waals surface area contributed by atoms with Crippen LogP contribution < -0.4 is 14.8 Å². The lowest BCUT2D eigenvalue weighted by atomic mass is 10.2. The van der Waals surface area contributed by atoms with Crippen molar-refractivity contribution in [2.45, 2.75) is 6.92 Å². The molecule has 2 aromatic heterocycles. The van der Waals surface area contributed by atoms with Crippen LogP contribution in [0.5, 0.6) is 17.4 Å². The Balaban J connectivity index is 1.20. The molecule has 2 aromatic carbocycles. The van der Waals surface area contributed by atoms with Crippen LogP contribution in [0.15, 0.2) is 60.8 Å². The second-order valence-corrected chi connectivity index (χ2v) is 7.98. The van der Waals surface area contributed by atoms with Gasteiger partial charge in [-0.15, -0.1) is 0 Å². The molecule has 0 unspecified atom stereocenters. The number of H-pyrrole nitrogens is 1. The molecule has 1 aliphatic heterocycles. The number of aryl methyl sites for hydroxylation is 1. The van der Waals surface area contributed by atoms with Crippen molar-refractivity contribution in [3.05, 3.63) is 66.5 Å². The quantitative estimate of drug-likeness (QED) is 0.413. The molecule has 0 radical (unpaired) electrons. The van der Waals surface area contributed by atoms with Gasteiger partial charge in [0, 0.05) is 60.2 Å². The Kier molecular flexibility index (Phi) is 6.37. The minimum atomic E-state index is 0.455. The van der Waals surface area contributed by atoms with Crippen molar-refractivity contribution in [2.75, 3.05) is 44.8 Å². The van der Waals surface area contributed by atoms with Crippen LogP contribution in [0.25, 0.3) is 10.9 Å². The van der Waals surface area contributed by atoms with Crippen LogP contribution in [0.4, 0.5) is 11.6 Å². The number of ether oxygens (including phenoxy) is 3. The summed E-state index contributed by atoms with van der Waals surface area (Å²) in [5, 5.41) is 4.33. The van der Waals surface area contributed by atoms with E-state index in [4.69, 9.17) is 14.2 Å². The number of benzene rings is 2. The summed E-state index contributed by atoms with van der Waals surface area (Å²) < 4.78 is 17.3. The van der Waals surface area contributed by atoms with Crippen LogP contribution in [0.1, 0.15) is 5.69 Å². The number of rotatable bonds is 8. The SMILES string of the molecule is Cc1cc2cc(Oc3ccnc(Nc4cccc(OCCN5CCOCC5)c4)n3)ccc2[nH]1. The number of anilines is 2. The van der Waals surface area contributed by atoms with Gasteiger partial charge in [-0.25, -0.2) is 4.98 Å². The maximum Gasteiger partial charge on any atom is 0.230 e. The Bertz CT molecular complexity index is 1220. The third-order valence-corrected chi connectivity index (χ3v) is 5.45. The zero-order valence-corrected chi connectivity index (χ0v) is 18.6. The fraction of sp³-hybridized carbons (Fsp3) is 0.280. The summed E-state index contributed by atoms with van der Waals surface area (Å²) in [5.41, 5.74) is 3.04. The molecule has 2 N–H and O–H groups in total. The summed E-state index contributed by atoms with van der Waals surface area (Å²) in [4.78, 5) is 14.5. The van der Waals surface area contributed by atoms with E-state index in [-0.39, 0.29) is 0 Å². The summed E-state index contributed by atoms with van der Waals surface area (Å²) in [6.07, 6.45) is 1.67. The minimum Gasteiger partial charge on any atom is -0.492 e. The van der Waals surface area contributed by atoms with Crippen molar-refractivity contribution in [2.24, 2.45) is 0 Å². The van der Waals surface area contributed by atoms with Crippen molar-refractivity contribution in [3.8, 4) is 17.4 Å². The third-order valence-electron chi connectivity index (χ3n) is 5.45. The van der Waals surface area contributed by atoms with E-state index in [1.165, 1.54) is 0 Å². The van der Waals surface area contributed by atoms with Gasteiger partial charge in [-0.3, -0.25) is 4.90 Å². The van der Waals surface area contributed by atoms with Crippen LogP contribution in [0.2, 0.25) is 0 Å². The predicted molar refractivity (Wildman–Crippen MR) is 128 cm³/mol. The Hall–Kier alpha value is -3.62. The Morgan fingerprint density at radius 2 is 1.97 bits per heavy atom. The van der Waals surface area contributed by atoms with Crippen molar-refractivity contribution in [1.29, 1.82) is 0 Å². The van der Waals surface area contributed by atoms with Gasteiger partial charge in [0.1, 0.15) is 18.1 Å². The highest BCUT2D eigenvalue weighted by Gasteiger charge is 2.10. The van der Waals surface area contributed by atoms with Crippen molar-refractivity contribution >= 4 is 22.5 Å². The average molecular weight is 446 g/mol. The first kappa shape index (κ1) is 21.2. The molecule has 33 heavy (non-hydrogen) atoms. The second-order valence-electron chi connectivity index (χ2n) is 7.98. The standard InChI is InChI=1S/C25H27N5O3/c1-18-15-19-16-22(5-6-23(19)27-18)33-24-7-8-26-25(29-24)28-20-3-2-4-21(17-20)32-14-11-30-9-12-31-13-10-30/h2-8,15-17,27H,9-14H2,1H3,(H,26,28,29). The van der Waals surface area contributed by atoms with E-state index < -0.39 is 0 Å². The zero-order chi connectivity index (χ0) is 22.5. The fourth-order valence-corrected chi connectivity index (χ4v) is 3.81. The first-order valence-corrected chi connectivity index (χ1v) is 11.1. The summed E-state index contributed by atoms with van der Waals surface area (Å²) >= 11 is 0. The molecule has 170 valence electrons. The molecule has 0 spiro atoms. The molecule has 1 aliphatic rings. The van der Waals surface area contributed by atoms with E-state index in [1.54, 1.807) is 12.3 Å². The number of nitrogens with zero attached hydrogens (tertiary/aromatic N) is 3. The molecular weight excluding hydrogens is 418 g/mol. The van der Waals surface area contributed by atoms with Crippen LogP contribution in [-0.4, -0.2) is 59.3 Å². The van der Waals surface area contributed by atoms with Gasteiger partial charge in [0.2, 0.25) is 11.8 Å². The number of hydrogen-bond donors (Lipinski definition) is 2. The lowest BCUT2D eigenvalue weighted by molar-refractivity contribution is 0.0322. The van der Waals surface area contributed by atoms with Gasteiger partial charge in [-0.2, -0.15) is 4.98 Å². The Morgan fingerprint density at radius 1 is 1.06 bits per heavy atom. The first-order chi connectivity index (χ1) is 16.2. The lowest BCUT2D eigenvalue weighted by Gasteiger charge is -2.26. The number of fused-ring (bicyclic) bond motifs is 1. The first-order valence-electron chi connectivity index (χ1n) is 11.1. The third kappa shape index (κ3) is 5.60. The Morgan fingerprint density at radius 3 is 2.88 bits per heavy atom. The van der Waals surface area contributed by atoms with Gasteiger partial charge in [0.15, 0.2) is 0 Å². The number of aromatic amines is 1. The van der Waals surface area contributed by atoms with Gasteiger partial charge >= 0.3 is 0 Å². The number of morpholine rings is 1. The molecule has 1 fully saturated rings. The lowest BCUT2D eigenvalue weighted by Crippen LogP contribution is -2.38. The van der Waals surface area contributed by atoms with Gasteiger partial charge in [-0.05, 0) is 43.3 Å². The molecule has 5 rings (SSSR count).